The zero-order valence-corrected chi connectivity index (χ0v) is 13.6. The maximum absolute atomic E-state index is 10.2. The second-order valence-corrected chi connectivity index (χ2v) is 5.43. The van der Waals surface area contributed by atoms with E-state index in [2.05, 4.69) is 15.9 Å². The predicted molar refractivity (Wildman–Crippen MR) is 86.6 cm³/mol. The molecule has 0 atom stereocenters. The van der Waals surface area contributed by atoms with Crippen LogP contribution >= 0.6 is 38.5 Å². The smallest absolute Gasteiger partial charge is 0.258 e. The standard InChI is InChI=1S/C6H4BrNO2.C6H4INO2/c2*7-5-3-1-2-4-6(5)8(9)10/h2*1-4H. The van der Waals surface area contributed by atoms with Gasteiger partial charge in [-0.05, 0) is 50.7 Å². The van der Waals surface area contributed by atoms with E-state index in [1.807, 2.05) is 22.6 Å². The summed E-state index contributed by atoms with van der Waals surface area (Å²) in [5.74, 6) is 0. The average Bonchev–Trinajstić information content (AvgIpc) is 2.40. The molecule has 2 rings (SSSR count). The van der Waals surface area contributed by atoms with Crippen molar-refractivity contribution < 1.29 is 9.85 Å². The van der Waals surface area contributed by atoms with Crippen molar-refractivity contribution in [2.45, 2.75) is 0 Å². The molecule has 0 saturated heterocycles. The van der Waals surface area contributed by atoms with Crippen molar-refractivity contribution >= 4 is 49.9 Å². The fraction of sp³-hybridized carbons (Fsp3) is 0. The molecule has 8 heteroatoms. The Morgan fingerprint density at radius 3 is 1.65 bits per heavy atom. The highest BCUT2D eigenvalue weighted by Gasteiger charge is 2.08. The van der Waals surface area contributed by atoms with Gasteiger partial charge in [0.2, 0.25) is 0 Å². The molecule has 0 spiro atoms. The van der Waals surface area contributed by atoms with Gasteiger partial charge in [-0.25, -0.2) is 0 Å². The molecular weight excluding hydrogens is 443 g/mol. The molecule has 0 unspecified atom stereocenters. The molecule has 0 heterocycles. The quantitative estimate of drug-likeness (QED) is 0.381. The lowest BCUT2D eigenvalue weighted by Gasteiger charge is -1.91. The number of halogens is 2. The molecule has 6 nitrogen and oxygen atoms in total. The number of nitro groups is 2. The van der Waals surface area contributed by atoms with Crippen molar-refractivity contribution in [1.29, 1.82) is 0 Å². The van der Waals surface area contributed by atoms with Crippen molar-refractivity contribution in [3.05, 3.63) is 76.8 Å². The number of rotatable bonds is 2. The first-order valence-electron chi connectivity index (χ1n) is 5.21. The van der Waals surface area contributed by atoms with Gasteiger partial charge in [-0.1, -0.05) is 24.3 Å². The van der Waals surface area contributed by atoms with Crippen molar-refractivity contribution in [2.24, 2.45) is 0 Å². The summed E-state index contributed by atoms with van der Waals surface area (Å²) in [5, 5.41) is 20.4. The molecule has 0 amide bonds. The minimum absolute atomic E-state index is 0.0995. The van der Waals surface area contributed by atoms with Gasteiger partial charge in [-0.2, -0.15) is 0 Å². The summed E-state index contributed by atoms with van der Waals surface area (Å²) in [5.41, 5.74) is 0.269. The van der Waals surface area contributed by atoms with Gasteiger partial charge < -0.3 is 0 Å². The molecule has 0 N–H and O–H groups in total. The van der Waals surface area contributed by atoms with E-state index in [0.29, 0.717) is 8.04 Å². The predicted octanol–water partition coefficient (Wildman–Crippen LogP) is 4.56. The van der Waals surface area contributed by atoms with Crippen LogP contribution < -0.4 is 0 Å². The highest BCUT2D eigenvalue weighted by Crippen LogP contribution is 2.22. The highest BCUT2D eigenvalue weighted by molar-refractivity contribution is 14.1. The fourth-order valence-corrected chi connectivity index (χ4v) is 2.21. The zero-order chi connectivity index (χ0) is 15.1. The van der Waals surface area contributed by atoms with Crippen molar-refractivity contribution in [3.63, 3.8) is 0 Å². The molecule has 104 valence electrons. The lowest BCUT2D eigenvalue weighted by atomic mass is 10.3. The van der Waals surface area contributed by atoms with Crippen molar-refractivity contribution in [1.82, 2.24) is 0 Å². The molecule has 0 aromatic heterocycles. The molecule has 20 heavy (non-hydrogen) atoms. The number of hydrogen-bond acceptors (Lipinski definition) is 4. The minimum Gasteiger partial charge on any atom is -0.258 e. The molecule has 0 fully saturated rings. The van der Waals surface area contributed by atoms with Gasteiger partial charge in [0.15, 0.2) is 0 Å². The number of benzene rings is 2. The summed E-state index contributed by atoms with van der Waals surface area (Å²) in [4.78, 5) is 19.6. The Morgan fingerprint density at radius 2 is 1.30 bits per heavy atom. The Kier molecular flexibility index (Phi) is 6.52. The topological polar surface area (TPSA) is 86.3 Å². The normalized spacial score (nSPS) is 9.30. The lowest BCUT2D eigenvalue weighted by molar-refractivity contribution is -0.385. The molecule has 2 aromatic carbocycles. The van der Waals surface area contributed by atoms with Crippen molar-refractivity contribution in [2.75, 3.05) is 0 Å². The van der Waals surface area contributed by atoms with Crippen LogP contribution in [0, 0.1) is 23.8 Å². The van der Waals surface area contributed by atoms with E-state index in [4.69, 9.17) is 0 Å². The average molecular weight is 451 g/mol. The van der Waals surface area contributed by atoms with Gasteiger partial charge in [0, 0.05) is 12.1 Å². The summed E-state index contributed by atoms with van der Waals surface area (Å²) < 4.78 is 1.19. The van der Waals surface area contributed by atoms with Crippen LogP contribution in [-0.4, -0.2) is 9.85 Å². The van der Waals surface area contributed by atoms with Gasteiger partial charge in [0.1, 0.15) is 0 Å². The van der Waals surface area contributed by atoms with Gasteiger partial charge in [-0.3, -0.25) is 20.2 Å². The number of hydrogen-bond donors (Lipinski definition) is 0. The third-order valence-electron chi connectivity index (χ3n) is 2.10. The third kappa shape index (κ3) is 4.85. The Bertz CT molecular complexity index is 581. The minimum atomic E-state index is -0.427. The van der Waals surface area contributed by atoms with Crippen LogP contribution in [0.15, 0.2) is 53.0 Å². The fourth-order valence-electron chi connectivity index (χ4n) is 1.20. The molecule has 0 aliphatic carbocycles. The first-order valence-corrected chi connectivity index (χ1v) is 7.08. The zero-order valence-electron chi connectivity index (χ0n) is 9.90. The number of nitro benzene ring substituents is 2. The Balaban J connectivity index is 0.000000200. The van der Waals surface area contributed by atoms with Crippen LogP contribution in [0.5, 0.6) is 0 Å². The van der Waals surface area contributed by atoms with Crippen molar-refractivity contribution in [3.8, 4) is 0 Å². The summed E-state index contributed by atoms with van der Waals surface area (Å²) in [6.45, 7) is 0. The first kappa shape index (κ1) is 16.5. The summed E-state index contributed by atoms with van der Waals surface area (Å²) in [6.07, 6.45) is 0. The van der Waals surface area contributed by atoms with Gasteiger partial charge in [0.05, 0.1) is 17.9 Å². The number of para-hydroxylation sites is 2. The molecule has 0 radical (unpaired) electrons. The van der Waals surface area contributed by atoms with Crippen LogP contribution in [0.25, 0.3) is 0 Å². The van der Waals surface area contributed by atoms with Crippen LogP contribution in [-0.2, 0) is 0 Å². The maximum atomic E-state index is 10.2. The first-order chi connectivity index (χ1) is 9.43. The molecular formula is C12H8BrIN2O4. The van der Waals surface area contributed by atoms with E-state index in [9.17, 15) is 20.2 Å². The van der Waals surface area contributed by atoms with Gasteiger partial charge in [0.25, 0.3) is 11.4 Å². The molecule has 0 aliphatic rings. The summed E-state index contributed by atoms with van der Waals surface area (Å²) in [7, 11) is 0. The summed E-state index contributed by atoms with van der Waals surface area (Å²) in [6, 6.07) is 13.1. The SMILES string of the molecule is O=[N+]([O-])c1ccccc1Br.O=[N+]([O-])c1ccccc1I. The molecule has 0 aliphatic heterocycles. The van der Waals surface area contributed by atoms with E-state index in [1.165, 1.54) is 12.1 Å². The van der Waals surface area contributed by atoms with Gasteiger partial charge >= 0.3 is 0 Å². The van der Waals surface area contributed by atoms with Gasteiger partial charge in [-0.15, -0.1) is 0 Å². The van der Waals surface area contributed by atoms with E-state index in [0.717, 1.165) is 0 Å². The Morgan fingerprint density at radius 1 is 0.850 bits per heavy atom. The van der Waals surface area contributed by atoms with E-state index < -0.39 is 4.92 Å². The number of nitrogens with zero attached hydrogens (tertiary/aromatic N) is 2. The van der Waals surface area contributed by atoms with Crippen LogP contribution in [0.2, 0.25) is 0 Å². The lowest BCUT2D eigenvalue weighted by Crippen LogP contribution is -1.89. The van der Waals surface area contributed by atoms with Crippen LogP contribution in [0.1, 0.15) is 0 Å². The maximum Gasteiger partial charge on any atom is 0.283 e. The Hall–Kier alpha value is -1.55. The molecule has 0 bridgehead atoms. The molecule has 2 aromatic rings. The third-order valence-corrected chi connectivity index (χ3v) is 3.68. The monoisotopic (exact) mass is 450 g/mol. The van der Waals surface area contributed by atoms with E-state index >= 15 is 0 Å². The highest BCUT2D eigenvalue weighted by atomic mass is 127. The van der Waals surface area contributed by atoms with Crippen LogP contribution in [0.4, 0.5) is 11.4 Å². The second kappa shape index (κ2) is 7.90. The van der Waals surface area contributed by atoms with E-state index in [1.54, 1.807) is 36.4 Å². The summed E-state index contributed by atoms with van der Waals surface area (Å²) >= 11 is 4.99. The Labute approximate surface area is 136 Å². The van der Waals surface area contributed by atoms with E-state index in [-0.39, 0.29) is 16.3 Å². The molecule has 0 saturated carbocycles. The van der Waals surface area contributed by atoms with Crippen LogP contribution in [0.3, 0.4) is 0 Å². The second-order valence-electron chi connectivity index (χ2n) is 3.42. The largest absolute Gasteiger partial charge is 0.283 e.